The third-order valence-corrected chi connectivity index (χ3v) is 4.30. The Morgan fingerprint density at radius 3 is 1.77 bits per heavy atom. The minimum atomic E-state index is -0.220. The quantitative estimate of drug-likeness (QED) is 0.678. The summed E-state index contributed by atoms with van der Waals surface area (Å²) >= 11 is 0. The lowest BCUT2D eigenvalue weighted by atomic mass is 9.68. The highest BCUT2D eigenvalue weighted by Crippen LogP contribution is 2.43. The van der Waals surface area contributed by atoms with Crippen LogP contribution < -0.4 is 0 Å². The Bertz CT molecular complexity index is 611. The van der Waals surface area contributed by atoms with Crippen molar-refractivity contribution >= 4 is 0 Å². The minimum absolute atomic E-state index is 0.0899. The summed E-state index contributed by atoms with van der Waals surface area (Å²) in [7, 11) is 0. The molecule has 22 heavy (non-hydrogen) atoms. The molecule has 0 heterocycles. The van der Waals surface area contributed by atoms with Gasteiger partial charge in [0.25, 0.3) is 0 Å². The number of hydrogen-bond acceptors (Lipinski definition) is 3. The van der Waals surface area contributed by atoms with E-state index in [1.807, 2.05) is 18.2 Å². The molecule has 2 aromatic carbocycles. The number of hydrogen-bond donors (Lipinski definition) is 3. The molecule has 3 N–H and O–H groups in total. The Kier molecular flexibility index (Phi) is 4.96. The molecular weight excluding hydrogens is 276 g/mol. The lowest BCUT2D eigenvalue weighted by Gasteiger charge is -2.35. The van der Waals surface area contributed by atoms with Crippen LogP contribution in [0.15, 0.2) is 42.5 Å². The zero-order valence-corrected chi connectivity index (χ0v) is 13.2. The predicted molar refractivity (Wildman–Crippen MR) is 88.5 cm³/mol. The van der Waals surface area contributed by atoms with E-state index in [0.717, 1.165) is 36.8 Å². The summed E-state index contributed by atoms with van der Waals surface area (Å²) in [5.74, 6) is 0.0587. The van der Waals surface area contributed by atoms with E-state index in [-0.39, 0.29) is 22.7 Å². The average molecular weight is 300 g/mol. The second-order valence-electron chi connectivity index (χ2n) is 5.83. The van der Waals surface area contributed by atoms with Gasteiger partial charge in [0.1, 0.15) is 5.75 Å². The summed E-state index contributed by atoms with van der Waals surface area (Å²) in [6.07, 6.45) is 3.89. The maximum atomic E-state index is 9.90. The van der Waals surface area contributed by atoms with E-state index in [9.17, 15) is 15.3 Å². The first-order valence-corrected chi connectivity index (χ1v) is 7.85. The van der Waals surface area contributed by atoms with Crippen LogP contribution in [0.4, 0.5) is 0 Å². The van der Waals surface area contributed by atoms with Crippen molar-refractivity contribution in [3.63, 3.8) is 0 Å². The lowest BCUT2D eigenvalue weighted by molar-refractivity contribution is 0.393. The van der Waals surface area contributed by atoms with Gasteiger partial charge in [-0.1, -0.05) is 44.9 Å². The summed E-state index contributed by atoms with van der Waals surface area (Å²) < 4.78 is 0. The third-order valence-electron chi connectivity index (χ3n) is 4.30. The summed E-state index contributed by atoms with van der Waals surface area (Å²) in [5.41, 5.74) is 1.90. The van der Waals surface area contributed by atoms with E-state index in [0.29, 0.717) is 0 Å². The Morgan fingerprint density at radius 2 is 1.27 bits per heavy atom. The molecule has 0 bridgehead atoms. The fourth-order valence-electron chi connectivity index (χ4n) is 3.32. The Morgan fingerprint density at radius 1 is 0.727 bits per heavy atom. The van der Waals surface area contributed by atoms with Crippen molar-refractivity contribution in [2.45, 2.75) is 44.9 Å². The van der Waals surface area contributed by atoms with Crippen LogP contribution in [0.3, 0.4) is 0 Å². The number of rotatable bonds is 6. The number of benzene rings is 2. The molecule has 0 saturated heterocycles. The fraction of sp³-hybridized carbons (Fsp3) is 0.368. The highest BCUT2D eigenvalue weighted by Gasteiger charge is 2.33. The summed E-state index contributed by atoms with van der Waals surface area (Å²) in [4.78, 5) is 0. The first-order chi connectivity index (χ1) is 10.5. The summed E-state index contributed by atoms with van der Waals surface area (Å²) in [6, 6.07) is 12.4. The summed E-state index contributed by atoms with van der Waals surface area (Å²) in [5, 5.41) is 29.1. The van der Waals surface area contributed by atoms with Crippen LogP contribution in [0.5, 0.6) is 17.2 Å². The number of aromatic hydroxyl groups is 3. The monoisotopic (exact) mass is 300 g/mol. The molecule has 2 aromatic rings. The van der Waals surface area contributed by atoms with Crippen LogP contribution in [0.2, 0.25) is 0 Å². The van der Waals surface area contributed by atoms with Crippen molar-refractivity contribution in [1.29, 1.82) is 0 Å². The average Bonchev–Trinajstić information content (AvgIpc) is 2.50. The van der Waals surface area contributed by atoms with E-state index in [2.05, 4.69) is 13.8 Å². The van der Waals surface area contributed by atoms with Crippen LogP contribution in [0.1, 0.15) is 50.7 Å². The minimum Gasteiger partial charge on any atom is -0.508 e. The summed E-state index contributed by atoms with van der Waals surface area (Å²) in [6.45, 7) is 4.29. The standard InChI is InChI=1S/C19H24O3/c1-3-11-19(12-4-2,14-5-8-16(20)9-6-14)15-7-10-17(21)18(22)13-15/h5-10,13,20-22H,3-4,11-12H2,1-2H3. The topological polar surface area (TPSA) is 60.7 Å². The first kappa shape index (κ1) is 16.2. The molecule has 118 valence electrons. The van der Waals surface area contributed by atoms with Crippen LogP contribution in [0.25, 0.3) is 0 Å². The van der Waals surface area contributed by atoms with E-state index in [1.54, 1.807) is 24.3 Å². The molecule has 0 unspecified atom stereocenters. The van der Waals surface area contributed by atoms with Gasteiger partial charge in [-0.15, -0.1) is 0 Å². The fourth-order valence-corrected chi connectivity index (χ4v) is 3.32. The Balaban J connectivity index is 2.61. The van der Waals surface area contributed by atoms with Gasteiger partial charge in [0, 0.05) is 5.41 Å². The maximum absolute atomic E-state index is 9.90. The van der Waals surface area contributed by atoms with Crippen LogP contribution in [-0.2, 0) is 5.41 Å². The van der Waals surface area contributed by atoms with E-state index in [4.69, 9.17) is 0 Å². The smallest absolute Gasteiger partial charge is 0.157 e. The second-order valence-corrected chi connectivity index (χ2v) is 5.83. The van der Waals surface area contributed by atoms with E-state index < -0.39 is 0 Å². The van der Waals surface area contributed by atoms with Crippen LogP contribution in [0, 0.1) is 0 Å². The van der Waals surface area contributed by atoms with Crippen molar-refractivity contribution in [2.75, 3.05) is 0 Å². The van der Waals surface area contributed by atoms with Crippen molar-refractivity contribution in [1.82, 2.24) is 0 Å². The molecule has 3 heteroatoms. The van der Waals surface area contributed by atoms with Gasteiger partial charge in [-0.3, -0.25) is 0 Å². The van der Waals surface area contributed by atoms with Gasteiger partial charge in [-0.2, -0.15) is 0 Å². The van der Waals surface area contributed by atoms with E-state index in [1.165, 1.54) is 0 Å². The zero-order chi connectivity index (χ0) is 16.2. The first-order valence-electron chi connectivity index (χ1n) is 7.85. The molecule has 3 nitrogen and oxygen atoms in total. The maximum Gasteiger partial charge on any atom is 0.157 e. The molecule has 0 aliphatic carbocycles. The normalized spacial score (nSPS) is 11.5. The molecule has 0 aliphatic rings. The molecule has 0 fully saturated rings. The molecular formula is C19H24O3. The van der Waals surface area contributed by atoms with Gasteiger partial charge in [0.15, 0.2) is 11.5 Å². The Labute approximate surface area is 131 Å². The molecule has 0 aliphatic heterocycles. The van der Waals surface area contributed by atoms with Crippen molar-refractivity contribution in [2.24, 2.45) is 0 Å². The predicted octanol–water partition coefficient (Wildman–Crippen LogP) is 4.69. The van der Waals surface area contributed by atoms with Crippen molar-refractivity contribution in [3.8, 4) is 17.2 Å². The molecule has 0 amide bonds. The number of phenols is 3. The van der Waals surface area contributed by atoms with Crippen LogP contribution in [-0.4, -0.2) is 15.3 Å². The zero-order valence-electron chi connectivity index (χ0n) is 13.2. The molecule has 0 aromatic heterocycles. The molecule has 0 spiro atoms. The van der Waals surface area contributed by atoms with Gasteiger partial charge in [0.05, 0.1) is 0 Å². The van der Waals surface area contributed by atoms with Gasteiger partial charge in [-0.25, -0.2) is 0 Å². The largest absolute Gasteiger partial charge is 0.508 e. The third kappa shape index (κ3) is 3.03. The molecule has 0 radical (unpaired) electrons. The highest BCUT2D eigenvalue weighted by atomic mass is 16.3. The second kappa shape index (κ2) is 6.73. The lowest BCUT2D eigenvalue weighted by Crippen LogP contribution is -2.27. The van der Waals surface area contributed by atoms with Gasteiger partial charge in [0.2, 0.25) is 0 Å². The molecule has 2 rings (SSSR count). The number of phenolic OH excluding ortho intramolecular Hbond substituents is 3. The SMILES string of the molecule is CCCC(CCC)(c1ccc(O)cc1)c1ccc(O)c(O)c1. The highest BCUT2D eigenvalue weighted by molar-refractivity contribution is 5.48. The van der Waals surface area contributed by atoms with Crippen molar-refractivity contribution < 1.29 is 15.3 Å². The van der Waals surface area contributed by atoms with E-state index >= 15 is 0 Å². The van der Waals surface area contributed by atoms with Gasteiger partial charge in [-0.05, 0) is 48.2 Å². The van der Waals surface area contributed by atoms with Gasteiger partial charge >= 0.3 is 0 Å². The van der Waals surface area contributed by atoms with Gasteiger partial charge < -0.3 is 15.3 Å². The Hall–Kier alpha value is -2.16. The van der Waals surface area contributed by atoms with Crippen LogP contribution >= 0.6 is 0 Å². The molecule has 0 saturated carbocycles. The van der Waals surface area contributed by atoms with Crippen molar-refractivity contribution in [3.05, 3.63) is 53.6 Å². The molecule has 0 atom stereocenters.